The Labute approximate surface area is 419 Å². The fraction of sp³-hybridized carbons (Fsp3) is 0.702. The van der Waals surface area contributed by atoms with Gasteiger partial charge in [-0.15, -0.1) is 0 Å². The summed E-state index contributed by atoms with van der Waals surface area (Å²) >= 11 is 0. The van der Waals surface area contributed by atoms with Crippen LogP contribution in [-0.4, -0.2) is 76.5 Å². The molecule has 0 aliphatic rings. The molecule has 396 valence electrons. The van der Waals surface area contributed by atoms with E-state index >= 15 is 0 Å². The van der Waals surface area contributed by atoms with Crippen molar-refractivity contribution < 1.29 is 63.3 Å². The van der Waals surface area contributed by atoms with Crippen molar-refractivity contribution >= 4 is 29.7 Å². The molecule has 2 aromatic rings. The summed E-state index contributed by atoms with van der Waals surface area (Å²) in [5, 5.41) is 35.4. The van der Waals surface area contributed by atoms with Crippen LogP contribution in [0.4, 0.5) is 0 Å². The number of carbonyl (C=O) groups is 5. The fourth-order valence-electron chi connectivity index (χ4n) is 8.44. The number of hydrogen-bond donors (Lipinski definition) is 4. The molecule has 2 aromatic carbocycles. The van der Waals surface area contributed by atoms with Gasteiger partial charge in [-0.3, -0.25) is 24.0 Å². The highest BCUT2D eigenvalue weighted by Gasteiger charge is 2.21. The first-order chi connectivity index (χ1) is 34.1. The number of ketones is 1. The molecule has 13 heteroatoms. The van der Waals surface area contributed by atoms with Gasteiger partial charge in [-0.05, 0) is 75.6 Å². The molecule has 0 fully saturated rings. The summed E-state index contributed by atoms with van der Waals surface area (Å²) in [4.78, 5) is 57.6. The van der Waals surface area contributed by atoms with Crippen LogP contribution in [0.3, 0.4) is 0 Å². The SMILES string of the molecule is O=C(O)CCCCCCCCCCOc1ccc(C(=O)c2ccc(OCCCCCCCCCCC(=O)O)cc2OCCCCCCCCCCC(=O)O)c(OCCCCCCCCCCC(=O)O)c1. The van der Waals surface area contributed by atoms with Crippen molar-refractivity contribution in [3.05, 3.63) is 47.5 Å². The topological polar surface area (TPSA) is 203 Å². The Morgan fingerprint density at radius 3 is 0.743 bits per heavy atom. The van der Waals surface area contributed by atoms with Gasteiger partial charge >= 0.3 is 23.9 Å². The lowest BCUT2D eigenvalue weighted by Gasteiger charge is -2.16. The van der Waals surface area contributed by atoms with Gasteiger partial charge in [-0.2, -0.15) is 0 Å². The molecule has 2 rings (SSSR count). The number of unbranched alkanes of at least 4 members (excludes halogenated alkanes) is 28. The van der Waals surface area contributed by atoms with Crippen molar-refractivity contribution in [2.45, 2.75) is 231 Å². The zero-order valence-electron chi connectivity index (χ0n) is 42.7. The molecule has 0 amide bonds. The van der Waals surface area contributed by atoms with Gasteiger partial charge < -0.3 is 39.4 Å². The number of carboxylic acids is 4. The Kier molecular flexibility index (Phi) is 36.7. The summed E-state index contributed by atoms with van der Waals surface area (Å²) in [6, 6.07) is 10.9. The fourth-order valence-corrected chi connectivity index (χ4v) is 8.44. The van der Waals surface area contributed by atoms with Gasteiger partial charge in [0.1, 0.15) is 23.0 Å². The van der Waals surface area contributed by atoms with Crippen LogP contribution in [0.5, 0.6) is 23.0 Å². The van der Waals surface area contributed by atoms with E-state index in [0.717, 1.165) is 205 Å². The van der Waals surface area contributed by atoms with E-state index in [1.165, 1.54) is 0 Å². The average Bonchev–Trinajstić information content (AvgIpc) is 3.32. The maximum atomic E-state index is 14.5. The van der Waals surface area contributed by atoms with E-state index < -0.39 is 23.9 Å². The van der Waals surface area contributed by atoms with Crippen LogP contribution in [-0.2, 0) is 19.2 Å². The highest BCUT2D eigenvalue weighted by Crippen LogP contribution is 2.33. The third-order valence-corrected chi connectivity index (χ3v) is 12.6. The van der Waals surface area contributed by atoms with Crippen molar-refractivity contribution in [1.29, 1.82) is 0 Å². The Hall–Kier alpha value is -4.81. The molecule has 0 aliphatic heterocycles. The van der Waals surface area contributed by atoms with Crippen LogP contribution in [0, 0.1) is 0 Å². The third-order valence-electron chi connectivity index (χ3n) is 12.6. The van der Waals surface area contributed by atoms with Crippen LogP contribution in [0.25, 0.3) is 0 Å². The lowest BCUT2D eigenvalue weighted by Crippen LogP contribution is -2.10. The van der Waals surface area contributed by atoms with Crippen molar-refractivity contribution in [3.8, 4) is 23.0 Å². The lowest BCUT2D eigenvalue weighted by molar-refractivity contribution is -0.138. The summed E-state index contributed by atoms with van der Waals surface area (Å²) in [5.74, 6) is -0.920. The van der Waals surface area contributed by atoms with Gasteiger partial charge in [0, 0.05) is 37.8 Å². The average molecular weight is 983 g/mol. The van der Waals surface area contributed by atoms with Crippen molar-refractivity contribution in [2.24, 2.45) is 0 Å². The standard InChI is InChI=1S/C57H90O13/c58-53(59)33-25-17-9-1-5-13-21-29-41-67-47-37-39-49(51(45-47)69-43-31-23-15-7-3-11-19-27-35-55(62)63)57(66)50-40-38-48(68-42-30-22-14-6-2-10-18-26-34-54(60)61)46-52(50)70-44-32-24-16-8-4-12-20-28-36-56(64)65/h37-40,45-46H,1-36,41-44H2,(H,58,59)(H,60,61)(H,62,63)(H,64,65). The lowest BCUT2D eigenvalue weighted by atomic mass is 10.0. The first-order valence-electron chi connectivity index (χ1n) is 27.3. The van der Waals surface area contributed by atoms with Crippen molar-refractivity contribution in [3.63, 3.8) is 0 Å². The molecule has 0 unspecified atom stereocenters. The first kappa shape index (κ1) is 61.3. The van der Waals surface area contributed by atoms with E-state index in [-0.39, 0.29) is 31.5 Å². The molecule has 0 aromatic heterocycles. The molecule has 0 heterocycles. The summed E-state index contributed by atoms with van der Waals surface area (Å²) in [6.07, 6.45) is 32.4. The molecule has 13 nitrogen and oxygen atoms in total. The predicted molar refractivity (Wildman–Crippen MR) is 275 cm³/mol. The largest absolute Gasteiger partial charge is 0.493 e. The van der Waals surface area contributed by atoms with Crippen LogP contribution >= 0.6 is 0 Å². The van der Waals surface area contributed by atoms with E-state index in [1.807, 2.05) is 24.3 Å². The second kappa shape index (κ2) is 41.9. The molecule has 0 aliphatic carbocycles. The Balaban J connectivity index is 2.08. The maximum Gasteiger partial charge on any atom is 0.303 e. The van der Waals surface area contributed by atoms with Crippen LogP contribution in [0.15, 0.2) is 36.4 Å². The summed E-state index contributed by atoms with van der Waals surface area (Å²) in [5.41, 5.74) is 0.863. The number of rotatable bonds is 50. The molecular weight excluding hydrogens is 893 g/mol. The minimum atomic E-state index is -0.739. The molecule has 0 spiro atoms. The monoisotopic (exact) mass is 983 g/mol. The number of ether oxygens (including phenoxy) is 4. The second-order valence-electron chi connectivity index (χ2n) is 18.9. The normalized spacial score (nSPS) is 11.1. The van der Waals surface area contributed by atoms with Crippen LogP contribution < -0.4 is 18.9 Å². The smallest absolute Gasteiger partial charge is 0.303 e. The number of carbonyl (C=O) groups excluding carboxylic acids is 1. The number of aliphatic carboxylic acids is 4. The molecule has 0 bridgehead atoms. The minimum absolute atomic E-state index is 0.209. The molecule has 70 heavy (non-hydrogen) atoms. The second-order valence-corrected chi connectivity index (χ2v) is 18.9. The van der Waals surface area contributed by atoms with Gasteiger partial charge in [-0.25, -0.2) is 0 Å². The predicted octanol–water partition coefficient (Wildman–Crippen LogP) is 14.8. The van der Waals surface area contributed by atoms with Gasteiger partial charge in [0.05, 0.1) is 37.6 Å². The van der Waals surface area contributed by atoms with Gasteiger partial charge in [-0.1, -0.05) is 154 Å². The van der Waals surface area contributed by atoms with Gasteiger partial charge in [0.25, 0.3) is 0 Å². The van der Waals surface area contributed by atoms with Gasteiger partial charge in [0.2, 0.25) is 0 Å². The highest BCUT2D eigenvalue weighted by molar-refractivity contribution is 6.12. The molecule has 0 saturated heterocycles. The zero-order chi connectivity index (χ0) is 50.7. The Morgan fingerprint density at radius 1 is 0.286 bits per heavy atom. The molecule has 0 atom stereocenters. The van der Waals surface area contributed by atoms with E-state index in [4.69, 9.17) is 39.4 Å². The Morgan fingerprint density at radius 2 is 0.500 bits per heavy atom. The van der Waals surface area contributed by atoms with E-state index in [2.05, 4.69) is 0 Å². The summed E-state index contributed by atoms with van der Waals surface area (Å²) in [7, 11) is 0. The summed E-state index contributed by atoms with van der Waals surface area (Å²) in [6.45, 7) is 1.99. The first-order valence-corrected chi connectivity index (χ1v) is 27.3. The molecular formula is C57H90O13. The number of carboxylic acid groups (broad SMARTS) is 4. The van der Waals surface area contributed by atoms with Crippen molar-refractivity contribution in [2.75, 3.05) is 26.4 Å². The van der Waals surface area contributed by atoms with Crippen LogP contribution in [0.2, 0.25) is 0 Å². The quantitative estimate of drug-likeness (QED) is 0.0360. The minimum Gasteiger partial charge on any atom is -0.493 e. The van der Waals surface area contributed by atoms with Crippen LogP contribution in [0.1, 0.15) is 247 Å². The van der Waals surface area contributed by atoms with E-state index in [1.54, 1.807) is 12.1 Å². The van der Waals surface area contributed by atoms with E-state index in [9.17, 15) is 24.0 Å². The molecule has 0 saturated carbocycles. The zero-order valence-corrected chi connectivity index (χ0v) is 42.7. The third kappa shape index (κ3) is 33.7. The van der Waals surface area contributed by atoms with E-state index in [0.29, 0.717) is 60.6 Å². The number of benzene rings is 2. The number of hydrogen-bond acceptors (Lipinski definition) is 9. The molecule has 4 N–H and O–H groups in total. The Bertz CT molecular complexity index is 1590. The maximum absolute atomic E-state index is 14.5. The summed E-state index contributed by atoms with van der Waals surface area (Å²) < 4.78 is 25.1. The highest BCUT2D eigenvalue weighted by atomic mass is 16.5. The van der Waals surface area contributed by atoms with Crippen molar-refractivity contribution in [1.82, 2.24) is 0 Å². The van der Waals surface area contributed by atoms with Gasteiger partial charge in [0.15, 0.2) is 5.78 Å². The molecule has 0 radical (unpaired) electrons.